The summed E-state index contributed by atoms with van der Waals surface area (Å²) in [5.41, 5.74) is 6.58. The van der Waals surface area contributed by atoms with E-state index in [2.05, 4.69) is 60.7 Å². The fourth-order valence-corrected chi connectivity index (χ4v) is 7.99. The van der Waals surface area contributed by atoms with E-state index in [4.69, 9.17) is 11.6 Å². The molecule has 1 spiro atoms. The fraction of sp³-hybridized carbons (Fsp3) is 0.0769. The molecule has 0 aromatic heterocycles. The van der Waals surface area contributed by atoms with E-state index in [1.54, 1.807) is 0 Å². The van der Waals surface area contributed by atoms with Crippen LogP contribution in [0.4, 0.5) is 0 Å². The zero-order valence-electron chi connectivity index (χ0n) is 15.9. The van der Waals surface area contributed by atoms with E-state index in [1.165, 1.54) is 22.3 Å². The molecule has 4 aromatic rings. The van der Waals surface area contributed by atoms with Gasteiger partial charge in [-0.25, -0.2) is 0 Å². The Labute approximate surface area is 175 Å². The summed E-state index contributed by atoms with van der Waals surface area (Å²) in [5, 5.41) is 2.53. The molecule has 6 rings (SSSR count). The first-order chi connectivity index (χ1) is 14.1. The van der Waals surface area contributed by atoms with Gasteiger partial charge in [-0.2, -0.15) is 0 Å². The number of halogens is 1. The van der Waals surface area contributed by atoms with Gasteiger partial charge in [0.05, 0.1) is 5.41 Å². The monoisotopic (exact) mass is 412 g/mol. The van der Waals surface area contributed by atoms with Crippen LogP contribution in [0.2, 0.25) is 5.02 Å². The first-order valence-corrected chi connectivity index (χ1v) is 12.3. The summed E-state index contributed by atoms with van der Waals surface area (Å²) in [4.78, 5) is 0. The zero-order valence-corrected chi connectivity index (χ0v) is 17.5. The second-order valence-corrected chi connectivity index (χ2v) is 11.2. The molecular weight excluding hydrogens is 395 g/mol. The van der Waals surface area contributed by atoms with E-state index < -0.39 is 12.6 Å². The number of rotatable bonds is 0. The van der Waals surface area contributed by atoms with Gasteiger partial charge in [-0.05, 0) is 58.2 Å². The lowest BCUT2D eigenvalue weighted by Gasteiger charge is -2.42. The Balaban J connectivity index is 1.91. The standard InChI is InChI=1S/C26H18ClOP/c1-29(28)24-13-7-6-12-22(24)26(23-16-17(27)14-15-25(23)29)20-10-4-2-8-18(20)19-9-3-5-11-21(19)26/h2-16H,1H3. The minimum atomic E-state index is -2.75. The maximum atomic E-state index is 14.1. The van der Waals surface area contributed by atoms with Crippen molar-refractivity contribution in [2.24, 2.45) is 0 Å². The minimum absolute atomic E-state index is 0.506. The van der Waals surface area contributed by atoms with Crippen molar-refractivity contribution >= 4 is 29.4 Å². The molecule has 1 aliphatic carbocycles. The third kappa shape index (κ3) is 2.00. The Morgan fingerprint density at radius 2 is 1.17 bits per heavy atom. The third-order valence-electron chi connectivity index (χ3n) is 6.54. The van der Waals surface area contributed by atoms with Crippen LogP contribution in [0.3, 0.4) is 0 Å². The predicted molar refractivity (Wildman–Crippen MR) is 122 cm³/mol. The van der Waals surface area contributed by atoms with Gasteiger partial charge in [-0.1, -0.05) is 84.4 Å². The summed E-state index contributed by atoms with van der Waals surface area (Å²) in [6.45, 7) is 1.89. The average Bonchev–Trinajstić information content (AvgIpc) is 3.04. The Hall–Kier alpha value is -2.60. The number of hydrogen-bond acceptors (Lipinski definition) is 1. The van der Waals surface area contributed by atoms with Crippen molar-refractivity contribution in [2.75, 3.05) is 6.66 Å². The van der Waals surface area contributed by atoms with Crippen molar-refractivity contribution in [1.82, 2.24) is 0 Å². The van der Waals surface area contributed by atoms with Crippen LogP contribution in [0.25, 0.3) is 11.1 Å². The molecule has 0 saturated heterocycles. The highest BCUT2D eigenvalue weighted by Crippen LogP contribution is 2.61. The molecule has 1 atom stereocenters. The molecule has 1 nitrogen and oxygen atoms in total. The van der Waals surface area contributed by atoms with Crippen LogP contribution in [0.5, 0.6) is 0 Å². The van der Waals surface area contributed by atoms with Gasteiger partial charge in [0.25, 0.3) is 0 Å². The smallest absolute Gasteiger partial charge is 0.140 e. The van der Waals surface area contributed by atoms with Gasteiger partial charge in [0.1, 0.15) is 7.14 Å². The predicted octanol–water partition coefficient (Wildman–Crippen LogP) is 5.96. The number of fused-ring (bicyclic) bond motifs is 9. The lowest BCUT2D eigenvalue weighted by Crippen LogP contribution is -2.43. The summed E-state index contributed by atoms with van der Waals surface area (Å²) in [6.07, 6.45) is 0. The van der Waals surface area contributed by atoms with E-state index in [-0.39, 0.29) is 0 Å². The molecule has 0 saturated carbocycles. The molecular formula is C26H18ClOP. The lowest BCUT2D eigenvalue weighted by atomic mass is 9.67. The Bertz CT molecular complexity index is 1330. The lowest BCUT2D eigenvalue weighted by molar-refractivity contribution is 0.588. The van der Waals surface area contributed by atoms with Gasteiger partial charge >= 0.3 is 0 Å². The van der Waals surface area contributed by atoms with Crippen LogP contribution >= 0.6 is 18.7 Å². The van der Waals surface area contributed by atoms with Crippen molar-refractivity contribution in [3.63, 3.8) is 0 Å². The third-order valence-corrected chi connectivity index (χ3v) is 9.40. The van der Waals surface area contributed by atoms with Crippen LogP contribution < -0.4 is 10.6 Å². The van der Waals surface area contributed by atoms with Gasteiger partial charge in [0, 0.05) is 15.6 Å². The highest BCUT2D eigenvalue weighted by atomic mass is 35.5. The highest BCUT2D eigenvalue weighted by Gasteiger charge is 2.53. The van der Waals surface area contributed by atoms with Gasteiger partial charge in [0.2, 0.25) is 0 Å². The molecule has 1 aliphatic heterocycles. The minimum Gasteiger partial charge on any atom is -0.314 e. The van der Waals surface area contributed by atoms with Gasteiger partial charge in [-0.3, -0.25) is 0 Å². The normalized spacial score (nSPS) is 19.9. The Morgan fingerprint density at radius 1 is 0.655 bits per heavy atom. The Kier molecular flexibility index (Phi) is 3.41. The summed E-state index contributed by atoms with van der Waals surface area (Å²) in [7, 11) is -2.75. The summed E-state index contributed by atoms with van der Waals surface area (Å²) >= 11 is 6.52. The van der Waals surface area contributed by atoms with E-state index in [1.807, 2.05) is 37.0 Å². The van der Waals surface area contributed by atoms with Gasteiger partial charge in [0.15, 0.2) is 0 Å². The van der Waals surface area contributed by atoms with Gasteiger partial charge < -0.3 is 4.57 Å². The second-order valence-electron chi connectivity index (χ2n) is 7.94. The van der Waals surface area contributed by atoms with Crippen LogP contribution in [-0.4, -0.2) is 6.66 Å². The van der Waals surface area contributed by atoms with Crippen LogP contribution in [0, 0.1) is 0 Å². The second kappa shape index (κ2) is 5.72. The molecule has 1 heterocycles. The zero-order chi connectivity index (χ0) is 19.8. The SMILES string of the molecule is CP1(=O)c2ccccc2C2(c3ccccc3-c3ccccc32)c2cc(Cl)ccc21. The summed E-state index contributed by atoms with van der Waals surface area (Å²) in [6, 6.07) is 31.3. The molecule has 0 bridgehead atoms. The van der Waals surface area contributed by atoms with E-state index in [0.717, 1.165) is 21.7 Å². The molecule has 0 radical (unpaired) electrons. The molecule has 0 amide bonds. The Morgan fingerprint density at radius 3 is 1.83 bits per heavy atom. The molecule has 140 valence electrons. The molecule has 1 unspecified atom stereocenters. The molecule has 2 aliphatic rings. The van der Waals surface area contributed by atoms with Crippen molar-refractivity contribution in [3.05, 3.63) is 118 Å². The molecule has 0 fully saturated rings. The van der Waals surface area contributed by atoms with Crippen molar-refractivity contribution in [1.29, 1.82) is 0 Å². The summed E-state index contributed by atoms with van der Waals surface area (Å²) < 4.78 is 14.1. The first-order valence-electron chi connectivity index (χ1n) is 9.74. The van der Waals surface area contributed by atoms with Crippen molar-refractivity contribution < 1.29 is 4.57 Å². The van der Waals surface area contributed by atoms with Crippen molar-refractivity contribution in [3.8, 4) is 11.1 Å². The van der Waals surface area contributed by atoms with Crippen LogP contribution in [0.1, 0.15) is 22.3 Å². The van der Waals surface area contributed by atoms with Crippen molar-refractivity contribution in [2.45, 2.75) is 5.41 Å². The molecule has 0 N–H and O–H groups in total. The van der Waals surface area contributed by atoms with E-state index in [9.17, 15) is 4.57 Å². The first kappa shape index (κ1) is 17.3. The maximum absolute atomic E-state index is 14.1. The molecule has 4 aromatic carbocycles. The van der Waals surface area contributed by atoms with Crippen LogP contribution in [0.15, 0.2) is 91.0 Å². The summed E-state index contributed by atoms with van der Waals surface area (Å²) in [5.74, 6) is 0. The quantitative estimate of drug-likeness (QED) is 0.287. The fourth-order valence-electron chi connectivity index (χ4n) is 5.43. The van der Waals surface area contributed by atoms with Gasteiger partial charge in [-0.15, -0.1) is 0 Å². The molecule has 3 heteroatoms. The van der Waals surface area contributed by atoms with Crippen LogP contribution in [-0.2, 0) is 9.98 Å². The highest BCUT2D eigenvalue weighted by molar-refractivity contribution is 7.78. The largest absolute Gasteiger partial charge is 0.314 e. The molecule has 29 heavy (non-hydrogen) atoms. The number of hydrogen-bond donors (Lipinski definition) is 0. The van der Waals surface area contributed by atoms with E-state index >= 15 is 0 Å². The van der Waals surface area contributed by atoms with E-state index in [0.29, 0.717) is 5.02 Å². The average molecular weight is 413 g/mol. The maximum Gasteiger partial charge on any atom is 0.140 e. The number of benzene rings is 4. The topological polar surface area (TPSA) is 17.1 Å².